The van der Waals surface area contributed by atoms with E-state index in [0.29, 0.717) is 30.4 Å². The van der Waals surface area contributed by atoms with E-state index in [4.69, 9.17) is 0 Å². The number of aryl methyl sites for hydroxylation is 1. The van der Waals surface area contributed by atoms with Crippen molar-refractivity contribution < 1.29 is 13.2 Å². The molecule has 0 spiro atoms. The Morgan fingerprint density at radius 2 is 1.86 bits per heavy atom. The van der Waals surface area contributed by atoms with Gasteiger partial charge in [0.05, 0.1) is 0 Å². The summed E-state index contributed by atoms with van der Waals surface area (Å²) in [6.07, 6.45) is 2.47. The van der Waals surface area contributed by atoms with Gasteiger partial charge >= 0.3 is 0 Å². The lowest BCUT2D eigenvalue weighted by Gasteiger charge is -2.26. The fourth-order valence-electron chi connectivity index (χ4n) is 3.17. The van der Waals surface area contributed by atoms with Crippen molar-refractivity contribution in [1.82, 2.24) is 0 Å². The van der Waals surface area contributed by atoms with Gasteiger partial charge in [0.25, 0.3) is 0 Å². The number of hydrogen-bond acceptors (Lipinski definition) is 0. The van der Waals surface area contributed by atoms with Crippen LogP contribution in [-0.2, 0) is 19.3 Å². The highest BCUT2D eigenvalue weighted by Crippen LogP contribution is 2.35. The molecule has 0 saturated heterocycles. The van der Waals surface area contributed by atoms with Crippen LogP contribution in [-0.4, -0.2) is 0 Å². The maximum atomic E-state index is 14.2. The number of fused-ring (bicyclic) bond motifs is 1. The first-order valence-corrected chi connectivity index (χ1v) is 7.34. The van der Waals surface area contributed by atoms with E-state index in [-0.39, 0.29) is 11.7 Å². The minimum Gasteiger partial charge on any atom is -0.207 e. The fraction of sp³-hybridized carbons (Fsp3) is 0.333. The standard InChI is InChI=1S/C18H17F3/c1-2-11-3-6-14(17(20)9-11)12-4-7-15-13(10-12)5-8-16(19)18(15)21/h3,5-6,8-9,12H,2,4,7,10H2,1H3. The maximum Gasteiger partial charge on any atom is 0.162 e. The maximum absolute atomic E-state index is 14.2. The van der Waals surface area contributed by atoms with Crippen molar-refractivity contribution in [2.45, 2.75) is 38.5 Å². The first-order valence-electron chi connectivity index (χ1n) is 7.34. The average molecular weight is 290 g/mol. The first-order chi connectivity index (χ1) is 10.1. The molecule has 1 unspecified atom stereocenters. The molecule has 3 heteroatoms. The van der Waals surface area contributed by atoms with Crippen LogP contribution in [0.4, 0.5) is 13.2 Å². The van der Waals surface area contributed by atoms with E-state index >= 15 is 0 Å². The van der Waals surface area contributed by atoms with Gasteiger partial charge in [-0.2, -0.15) is 0 Å². The predicted molar refractivity (Wildman–Crippen MR) is 76.9 cm³/mol. The first kappa shape index (κ1) is 14.2. The van der Waals surface area contributed by atoms with Crippen LogP contribution in [0.5, 0.6) is 0 Å². The summed E-state index contributed by atoms with van der Waals surface area (Å²) in [6.45, 7) is 1.99. The molecule has 0 aromatic heterocycles. The summed E-state index contributed by atoms with van der Waals surface area (Å²) in [5, 5.41) is 0. The van der Waals surface area contributed by atoms with Gasteiger partial charge in [-0.15, -0.1) is 0 Å². The highest BCUT2D eigenvalue weighted by Gasteiger charge is 2.25. The molecule has 110 valence electrons. The molecule has 1 atom stereocenters. The molecule has 0 nitrogen and oxygen atoms in total. The quantitative estimate of drug-likeness (QED) is 0.735. The summed E-state index contributed by atoms with van der Waals surface area (Å²) < 4.78 is 41.2. The van der Waals surface area contributed by atoms with Crippen LogP contribution < -0.4 is 0 Å². The van der Waals surface area contributed by atoms with E-state index in [9.17, 15) is 13.2 Å². The molecule has 0 amide bonds. The van der Waals surface area contributed by atoms with Gasteiger partial charge < -0.3 is 0 Å². The van der Waals surface area contributed by atoms with Crippen LogP contribution in [0.25, 0.3) is 0 Å². The number of halogens is 3. The molecule has 21 heavy (non-hydrogen) atoms. The second-order valence-electron chi connectivity index (χ2n) is 5.65. The van der Waals surface area contributed by atoms with Crippen molar-refractivity contribution in [3.05, 3.63) is 70.0 Å². The van der Waals surface area contributed by atoms with Gasteiger partial charge in [-0.3, -0.25) is 0 Å². The van der Waals surface area contributed by atoms with Crippen molar-refractivity contribution in [1.29, 1.82) is 0 Å². The minimum atomic E-state index is -0.800. The molecule has 0 aliphatic heterocycles. The van der Waals surface area contributed by atoms with Crippen molar-refractivity contribution in [3.8, 4) is 0 Å². The summed E-state index contributed by atoms with van der Waals surface area (Å²) in [7, 11) is 0. The zero-order valence-electron chi connectivity index (χ0n) is 11.9. The molecule has 3 rings (SSSR count). The predicted octanol–water partition coefficient (Wildman–Crippen LogP) is 4.94. The second-order valence-corrected chi connectivity index (χ2v) is 5.65. The smallest absolute Gasteiger partial charge is 0.162 e. The van der Waals surface area contributed by atoms with E-state index in [0.717, 1.165) is 23.6 Å². The van der Waals surface area contributed by atoms with Gasteiger partial charge in [0, 0.05) is 0 Å². The van der Waals surface area contributed by atoms with Crippen LogP contribution in [0.2, 0.25) is 0 Å². The van der Waals surface area contributed by atoms with Gasteiger partial charge in [0.2, 0.25) is 0 Å². The Balaban J connectivity index is 1.91. The minimum absolute atomic E-state index is 0.0354. The third kappa shape index (κ3) is 2.57. The second kappa shape index (κ2) is 5.55. The highest BCUT2D eigenvalue weighted by atomic mass is 19.2. The molecule has 2 aromatic carbocycles. The third-order valence-corrected chi connectivity index (χ3v) is 4.42. The Bertz CT molecular complexity index is 676. The van der Waals surface area contributed by atoms with Gasteiger partial charge in [-0.1, -0.05) is 25.1 Å². The van der Waals surface area contributed by atoms with E-state index in [1.165, 1.54) is 0 Å². The van der Waals surface area contributed by atoms with Crippen LogP contribution in [0.1, 0.15) is 41.5 Å². The van der Waals surface area contributed by atoms with E-state index < -0.39 is 11.6 Å². The monoisotopic (exact) mass is 290 g/mol. The summed E-state index contributed by atoms with van der Waals surface area (Å²) in [5.41, 5.74) is 2.91. The summed E-state index contributed by atoms with van der Waals surface area (Å²) in [6, 6.07) is 8.14. The molecule has 1 aliphatic carbocycles. The summed E-state index contributed by atoms with van der Waals surface area (Å²) in [4.78, 5) is 0. The van der Waals surface area contributed by atoms with E-state index in [1.54, 1.807) is 12.1 Å². The lowest BCUT2D eigenvalue weighted by molar-refractivity contribution is 0.473. The summed E-state index contributed by atoms with van der Waals surface area (Å²) >= 11 is 0. The Labute approximate surface area is 122 Å². The van der Waals surface area contributed by atoms with Crippen molar-refractivity contribution in [2.24, 2.45) is 0 Å². The fourth-order valence-corrected chi connectivity index (χ4v) is 3.17. The van der Waals surface area contributed by atoms with E-state index in [1.807, 2.05) is 19.1 Å². The number of hydrogen-bond donors (Lipinski definition) is 0. The topological polar surface area (TPSA) is 0 Å². The van der Waals surface area contributed by atoms with Gasteiger partial charge in [-0.05, 0) is 66.0 Å². The van der Waals surface area contributed by atoms with Crippen LogP contribution in [0.3, 0.4) is 0 Å². The Morgan fingerprint density at radius 3 is 2.57 bits per heavy atom. The van der Waals surface area contributed by atoms with Gasteiger partial charge in [-0.25, -0.2) is 13.2 Å². The highest BCUT2D eigenvalue weighted by molar-refractivity contribution is 5.36. The molecule has 0 radical (unpaired) electrons. The Morgan fingerprint density at radius 1 is 1.05 bits per heavy atom. The average Bonchev–Trinajstić information content (AvgIpc) is 2.50. The van der Waals surface area contributed by atoms with Crippen molar-refractivity contribution >= 4 is 0 Å². The Kier molecular flexibility index (Phi) is 3.75. The summed E-state index contributed by atoms with van der Waals surface area (Å²) in [5.74, 6) is -1.70. The molecule has 0 N–H and O–H groups in total. The molecule has 0 heterocycles. The van der Waals surface area contributed by atoms with E-state index in [2.05, 4.69) is 0 Å². The van der Waals surface area contributed by atoms with Crippen LogP contribution in [0, 0.1) is 17.5 Å². The van der Waals surface area contributed by atoms with Crippen LogP contribution in [0.15, 0.2) is 30.3 Å². The SMILES string of the molecule is CCc1ccc(C2CCc3c(ccc(F)c3F)C2)c(F)c1. The molecular weight excluding hydrogens is 273 g/mol. The largest absolute Gasteiger partial charge is 0.207 e. The lowest BCUT2D eigenvalue weighted by atomic mass is 9.79. The molecule has 0 saturated carbocycles. The Hall–Kier alpha value is -1.77. The number of benzene rings is 2. The lowest BCUT2D eigenvalue weighted by Crippen LogP contribution is -2.16. The zero-order valence-corrected chi connectivity index (χ0v) is 11.9. The molecule has 0 bridgehead atoms. The molecule has 2 aromatic rings. The normalized spacial score (nSPS) is 17.6. The number of rotatable bonds is 2. The van der Waals surface area contributed by atoms with Crippen LogP contribution >= 0.6 is 0 Å². The van der Waals surface area contributed by atoms with Crippen molar-refractivity contribution in [3.63, 3.8) is 0 Å². The third-order valence-electron chi connectivity index (χ3n) is 4.42. The van der Waals surface area contributed by atoms with Gasteiger partial charge in [0.15, 0.2) is 11.6 Å². The molecule has 1 aliphatic rings. The van der Waals surface area contributed by atoms with Crippen molar-refractivity contribution in [2.75, 3.05) is 0 Å². The molecule has 0 fully saturated rings. The molecular formula is C18H17F3. The zero-order chi connectivity index (χ0) is 15.0. The van der Waals surface area contributed by atoms with Gasteiger partial charge in [0.1, 0.15) is 5.82 Å².